The molecule has 3 aliphatic rings. The lowest BCUT2D eigenvalue weighted by Crippen LogP contribution is -2.38. The number of nitrogens with one attached hydrogen (secondary N) is 1. The molecule has 0 saturated heterocycles. The molecule has 2 fully saturated rings. The quantitative estimate of drug-likeness (QED) is 0.609. The fraction of sp³-hybridized carbons (Fsp3) is 0.476. The van der Waals surface area contributed by atoms with E-state index in [2.05, 4.69) is 5.32 Å². The van der Waals surface area contributed by atoms with E-state index in [0.717, 1.165) is 24.0 Å². The molecular formula is C21H23NO6. The summed E-state index contributed by atoms with van der Waals surface area (Å²) in [4.78, 5) is 37.2. The summed E-state index contributed by atoms with van der Waals surface area (Å²) < 4.78 is 10.7. The van der Waals surface area contributed by atoms with Gasteiger partial charge in [-0.25, -0.2) is 0 Å². The summed E-state index contributed by atoms with van der Waals surface area (Å²) in [5.41, 5.74) is 2.86. The van der Waals surface area contributed by atoms with Crippen LogP contribution in [0.5, 0.6) is 11.5 Å². The number of rotatable bonds is 4. The molecule has 2 saturated carbocycles. The van der Waals surface area contributed by atoms with Crippen LogP contribution in [0.3, 0.4) is 0 Å². The van der Waals surface area contributed by atoms with Crippen molar-refractivity contribution in [2.24, 2.45) is 23.7 Å². The molecule has 0 spiro atoms. The Hall–Kier alpha value is -2.83. The Labute approximate surface area is 162 Å². The van der Waals surface area contributed by atoms with E-state index in [4.69, 9.17) is 9.47 Å². The number of ketones is 1. The number of amides is 1. The normalized spacial score (nSPS) is 27.0. The van der Waals surface area contributed by atoms with Crippen LogP contribution in [0.2, 0.25) is 0 Å². The monoisotopic (exact) mass is 385 g/mol. The first-order valence-corrected chi connectivity index (χ1v) is 9.45. The molecule has 7 heteroatoms. The summed E-state index contributed by atoms with van der Waals surface area (Å²) in [6, 6.07) is 3.12. The van der Waals surface area contributed by atoms with Crippen LogP contribution >= 0.6 is 0 Å². The summed E-state index contributed by atoms with van der Waals surface area (Å²) in [6.07, 6.45) is 1.61. The molecule has 2 aliphatic carbocycles. The summed E-state index contributed by atoms with van der Waals surface area (Å²) in [6.45, 7) is 5.42. The Kier molecular flexibility index (Phi) is 4.40. The lowest BCUT2D eigenvalue weighted by Gasteiger charge is -2.26. The predicted octanol–water partition coefficient (Wildman–Crippen LogP) is 3.25. The molecule has 7 nitrogen and oxygen atoms in total. The molecule has 1 aliphatic heterocycles. The summed E-state index contributed by atoms with van der Waals surface area (Å²) >= 11 is 0. The minimum atomic E-state index is -0.941. The third-order valence-electron chi connectivity index (χ3n) is 6.16. The van der Waals surface area contributed by atoms with E-state index in [1.54, 1.807) is 12.1 Å². The van der Waals surface area contributed by atoms with Gasteiger partial charge in [-0.05, 0) is 51.5 Å². The molecule has 1 heterocycles. The van der Waals surface area contributed by atoms with Gasteiger partial charge in [0, 0.05) is 11.6 Å². The molecule has 1 amide bonds. The molecule has 148 valence electrons. The number of carbonyl (C=O) groups excluding carboxylic acids is 2. The van der Waals surface area contributed by atoms with Gasteiger partial charge in [-0.3, -0.25) is 14.4 Å². The number of hydrogen-bond acceptors (Lipinski definition) is 5. The zero-order chi connectivity index (χ0) is 20.2. The van der Waals surface area contributed by atoms with Gasteiger partial charge in [-0.2, -0.15) is 0 Å². The number of ether oxygens (including phenoxy) is 2. The number of carboxylic acids is 1. The maximum Gasteiger partial charge on any atom is 0.307 e. The van der Waals surface area contributed by atoms with Crippen molar-refractivity contribution in [3.63, 3.8) is 0 Å². The maximum absolute atomic E-state index is 13.2. The van der Waals surface area contributed by atoms with Crippen molar-refractivity contribution in [1.82, 2.24) is 0 Å². The molecule has 4 atom stereocenters. The average Bonchev–Trinajstić information content (AvgIpc) is 3.32. The van der Waals surface area contributed by atoms with Gasteiger partial charge in [0.05, 0.1) is 17.5 Å². The zero-order valence-corrected chi connectivity index (χ0v) is 16.1. The smallest absolute Gasteiger partial charge is 0.307 e. The highest BCUT2D eigenvalue weighted by Crippen LogP contribution is 2.57. The number of carbonyl (C=O) groups is 3. The van der Waals surface area contributed by atoms with E-state index in [1.165, 1.54) is 6.92 Å². The molecular weight excluding hydrogens is 362 g/mol. The zero-order valence-electron chi connectivity index (χ0n) is 16.1. The van der Waals surface area contributed by atoms with Gasteiger partial charge in [0.2, 0.25) is 12.7 Å². The first kappa shape index (κ1) is 18.5. The SMILES string of the molecule is CC(=O)c1cc2c(cc1NC(=O)[C@H]1[C@@H](C(=O)O)[C@H]3CC[C@H]1C3=C(C)C)OCO2. The third kappa shape index (κ3) is 2.77. The Bertz CT molecular complexity index is 914. The first-order valence-electron chi connectivity index (χ1n) is 9.45. The molecule has 1 aromatic carbocycles. The Morgan fingerprint density at radius 2 is 1.61 bits per heavy atom. The fourth-order valence-electron chi connectivity index (χ4n) is 5.16. The first-order chi connectivity index (χ1) is 13.3. The van der Waals surface area contributed by atoms with Crippen LogP contribution in [0.25, 0.3) is 0 Å². The second-order valence-corrected chi connectivity index (χ2v) is 7.93. The number of aliphatic carboxylic acids is 1. The standard InChI is InChI=1S/C21H23NO6/c1-9(2)17-11-4-5-12(17)19(21(25)26)18(11)20(24)22-14-7-16-15(27-8-28-16)6-13(14)10(3)23/h6-7,11-12,18-19H,4-5,8H2,1-3H3,(H,22,24)(H,25,26)/t11-,12-,18+,19-/m0/s1. The summed E-state index contributed by atoms with van der Waals surface area (Å²) in [7, 11) is 0. The molecule has 2 N–H and O–H groups in total. The van der Waals surface area contributed by atoms with Gasteiger partial charge in [0.25, 0.3) is 0 Å². The highest BCUT2D eigenvalue weighted by molar-refractivity contribution is 6.06. The summed E-state index contributed by atoms with van der Waals surface area (Å²) in [5.74, 6) is -2.15. The fourth-order valence-corrected chi connectivity index (χ4v) is 5.16. The van der Waals surface area contributed by atoms with Crippen molar-refractivity contribution in [1.29, 1.82) is 0 Å². The van der Waals surface area contributed by atoms with Crippen LogP contribution in [0, 0.1) is 23.7 Å². The third-order valence-corrected chi connectivity index (χ3v) is 6.16. The number of hydrogen-bond donors (Lipinski definition) is 2. The number of Topliss-reactive ketones (excluding diaryl/α,β-unsaturated/α-hetero) is 1. The van der Waals surface area contributed by atoms with Crippen LogP contribution in [-0.4, -0.2) is 29.6 Å². The van der Waals surface area contributed by atoms with Gasteiger partial charge >= 0.3 is 5.97 Å². The minimum Gasteiger partial charge on any atom is -0.481 e. The van der Waals surface area contributed by atoms with Gasteiger partial charge in [0.15, 0.2) is 17.3 Å². The van der Waals surface area contributed by atoms with Crippen molar-refractivity contribution >= 4 is 23.3 Å². The molecule has 0 unspecified atom stereocenters. The minimum absolute atomic E-state index is 0.0570. The van der Waals surface area contributed by atoms with E-state index in [0.29, 0.717) is 22.7 Å². The van der Waals surface area contributed by atoms with Crippen LogP contribution < -0.4 is 14.8 Å². The van der Waals surface area contributed by atoms with E-state index in [1.807, 2.05) is 13.8 Å². The van der Waals surface area contributed by atoms with Gasteiger partial charge in [-0.1, -0.05) is 11.1 Å². The molecule has 1 aromatic rings. The summed E-state index contributed by atoms with van der Waals surface area (Å²) in [5, 5.41) is 12.6. The topological polar surface area (TPSA) is 102 Å². The van der Waals surface area contributed by atoms with Crippen molar-refractivity contribution in [2.75, 3.05) is 12.1 Å². The van der Waals surface area contributed by atoms with Gasteiger partial charge in [-0.15, -0.1) is 0 Å². The molecule has 2 bridgehead atoms. The lowest BCUT2D eigenvalue weighted by atomic mass is 9.78. The second kappa shape index (κ2) is 6.65. The number of benzene rings is 1. The highest BCUT2D eigenvalue weighted by Gasteiger charge is 2.57. The highest BCUT2D eigenvalue weighted by atomic mass is 16.7. The van der Waals surface area contributed by atoms with Crippen molar-refractivity contribution in [3.8, 4) is 11.5 Å². The predicted molar refractivity (Wildman–Crippen MR) is 100 cm³/mol. The Morgan fingerprint density at radius 1 is 1.00 bits per heavy atom. The number of allylic oxidation sites excluding steroid dienone is 2. The molecule has 0 aromatic heterocycles. The van der Waals surface area contributed by atoms with Crippen LogP contribution in [0.4, 0.5) is 5.69 Å². The average molecular weight is 385 g/mol. The number of fused-ring (bicyclic) bond motifs is 3. The lowest BCUT2D eigenvalue weighted by molar-refractivity contribution is -0.148. The van der Waals surface area contributed by atoms with E-state index in [-0.39, 0.29) is 30.3 Å². The van der Waals surface area contributed by atoms with Gasteiger partial charge < -0.3 is 19.9 Å². The van der Waals surface area contributed by atoms with E-state index in [9.17, 15) is 19.5 Å². The number of carboxylic acid groups (broad SMARTS) is 1. The van der Waals surface area contributed by atoms with E-state index < -0.39 is 17.8 Å². The number of anilines is 1. The van der Waals surface area contributed by atoms with Crippen molar-refractivity contribution < 1.29 is 29.0 Å². The molecule has 0 radical (unpaired) electrons. The second-order valence-electron chi connectivity index (χ2n) is 7.93. The van der Waals surface area contributed by atoms with Gasteiger partial charge in [0.1, 0.15) is 0 Å². The Balaban J connectivity index is 1.68. The van der Waals surface area contributed by atoms with Crippen molar-refractivity contribution in [2.45, 2.75) is 33.6 Å². The largest absolute Gasteiger partial charge is 0.481 e. The Morgan fingerprint density at radius 3 is 2.18 bits per heavy atom. The van der Waals surface area contributed by atoms with Crippen LogP contribution in [-0.2, 0) is 9.59 Å². The van der Waals surface area contributed by atoms with Crippen LogP contribution in [0.1, 0.15) is 44.0 Å². The molecule has 4 rings (SSSR count). The van der Waals surface area contributed by atoms with E-state index >= 15 is 0 Å². The maximum atomic E-state index is 13.2. The van der Waals surface area contributed by atoms with Crippen LogP contribution in [0.15, 0.2) is 23.3 Å². The van der Waals surface area contributed by atoms with Crippen molar-refractivity contribution in [3.05, 3.63) is 28.8 Å². The molecule has 28 heavy (non-hydrogen) atoms.